The molecule has 0 saturated carbocycles. The molecular formula is C19H24N6O2S2. The minimum Gasteiger partial charge on any atom is -0.485 e. The molecule has 154 valence electrons. The zero-order valence-electron chi connectivity index (χ0n) is 16.9. The Morgan fingerprint density at radius 1 is 1.21 bits per heavy atom. The number of hydrogen-bond acceptors (Lipinski definition) is 8. The first kappa shape index (κ1) is 21.3. The highest BCUT2D eigenvalue weighted by Crippen LogP contribution is 2.22. The monoisotopic (exact) mass is 432 g/mol. The van der Waals surface area contributed by atoms with Crippen LogP contribution < -0.4 is 10.1 Å². The molecule has 3 aromatic rings. The van der Waals surface area contributed by atoms with Crippen LogP contribution in [0, 0.1) is 13.8 Å². The van der Waals surface area contributed by atoms with Crippen LogP contribution in [-0.4, -0.2) is 36.6 Å². The maximum absolute atomic E-state index is 12.2. The molecule has 1 aromatic carbocycles. The Morgan fingerprint density at radius 3 is 2.76 bits per heavy atom. The Labute approximate surface area is 178 Å². The summed E-state index contributed by atoms with van der Waals surface area (Å²) in [6, 6.07) is 6.11. The Kier molecular flexibility index (Phi) is 7.21. The van der Waals surface area contributed by atoms with Crippen molar-refractivity contribution in [3.63, 3.8) is 0 Å². The third-order valence-electron chi connectivity index (χ3n) is 4.16. The third kappa shape index (κ3) is 5.54. The number of carbonyl (C=O) groups excluding carboxylic acids is 1. The summed E-state index contributed by atoms with van der Waals surface area (Å²) in [5.41, 5.74) is 2.22. The normalized spacial score (nSPS) is 10.9. The van der Waals surface area contributed by atoms with Gasteiger partial charge in [-0.2, -0.15) is 0 Å². The average Bonchev–Trinajstić information content (AvgIpc) is 3.33. The second kappa shape index (κ2) is 9.84. The van der Waals surface area contributed by atoms with E-state index >= 15 is 0 Å². The van der Waals surface area contributed by atoms with E-state index in [0.717, 1.165) is 34.1 Å². The van der Waals surface area contributed by atoms with E-state index in [4.69, 9.17) is 4.74 Å². The number of thioether (sulfide) groups is 1. The van der Waals surface area contributed by atoms with Crippen molar-refractivity contribution in [2.45, 2.75) is 52.4 Å². The number of rotatable bonds is 9. The van der Waals surface area contributed by atoms with Gasteiger partial charge in [-0.25, -0.2) is 0 Å². The minimum absolute atomic E-state index is 0.146. The molecule has 10 heteroatoms. The SMILES string of the molecule is CCc1nnc(NC(=O)CSc2nnc(COc3cc(C)ccc3C)n2CC)s1. The number of carbonyl (C=O) groups is 1. The molecule has 0 atom stereocenters. The molecule has 1 N–H and O–H groups in total. The fourth-order valence-corrected chi connectivity index (χ4v) is 4.10. The first-order valence-corrected chi connectivity index (χ1v) is 11.2. The number of nitrogens with one attached hydrogen (secondary N) is 1. The first-order chi connectivity index (χ1) is 14.0. The molecule has 2 heterocycles. The van der Waals surface area contributed by atoms with Crippen LogP contribution in [0.25, 0.3) is 0 Å². The van der Waals surface area contributed by atoms with Gasteiger partial charge in [0.2, 0.25) is 11.0 Å². The molecule has 0 saturated heterocycles. The standard InChI is InChI=1S/C19H24N6O2S2/c1-5-17-22-23-18(29-17)20-16(26)11-28-19-24-21-15(25(19)6-2)10-27-14-9-12(3)7-8-13(14)4/h7-9H,5-6,10-11H2,1-4H3,(H,20,23,26). The van der Waals surface area contributed by atoms with E-state index in [9.17, 15) is 4.79 Å². The summed E-state index contributed by atoms with van der Waals surface area (Å²) < 4.78 is 7.91. The summed E-state index contributed by atoms with van der Waals surface area (Å²) in [6.45, 7) is 9.08. The third-order valence-corrected chi connectivity index (χ3v) is 6.11. The van der Waals surface area contributed by atoms with Gasteiger partial charge in [0.05, 0.1) is 5.75 Å². The van der Waals surface area contributed by atoms with Gasteiger partial charge in [0.25, 0.3) is 0 Å². The molecular weight excluding hydrogens is 408 g/mol. The largest absolute Gasteiger partial charge is 0.485 e. The van der Waals surface area contributed by atoms with Crippen molar-refractivity contribution in [2.75, 3.05) is 11.1 Å². The molecule has 8 nitrogen and oxygen atoms in total. The summed E-state index contributed by atoms with van der Waals surface area (Å²) in [5, 5.41) is 21.3. The second-order valence-corrected chi connectivity index (χ2v) is 8.40. The molecule has 2 aromatic heterocycles. The highest BCUT2D eigenvalue weighted by molar-refractivity contribution is 7.99. The fraction of sp³-hybridized carbons (Fsp3) is 0.421. The Hall–Kier alpha value is -2.46. The smallest absolute Gasteiger partial charge is 0.236 e. The van der Waals surface area contributed by atoms with Gasteiger partial charge in [0, 0.05) is 6.54 Å². The molecule has 0 radical (unpaired) electrons. The molecule has 29 heavy (non-hydrogen) atoms. The average molecular weight is 433 g/mol. The van der Waals surface area contributed by atoms with Crippen molar-refractivity contribution in [1.82, 2.24) is 25.0 Å². The van der Waals surface area contributed by atoms with Crippen LogP contribution >= 0.6 is 23.1 Å². The Morgan fingerprint density at radius 2 is 2.03 bits per heavy atom. The zero-order valence-corrected chi connectivity index (χ0v) is 18.6. The molecule has 0 spiro atoms. The fourth-order valence-electron chi connectivity index (χ4n) is 2.59. The summed E-state index contributed by atoms with van der Waals surface area (Å²) in [6.07, 6.45) is 0.800. The van der Waals surface area contributed by atoms with Gasteiger partial charge in [-0.05, 0) is 44.4 Å². The van der Waals surface area contributed by atoms with Crippen LogP contribution in [-0.2, 0) is 24.4 Å². The van der Waals surface area contributed by atoms with E-state index in [0.29, 0.717) is 23.4 Å². The predicted molar refractivity (Wildman–Crippen MR) is 115 cm³/mol. The highest BCUT2D eigenvalue weighted by Gasteiger charge is 2.15. The summed E-state index contributed by atoms with van der Waals surface area (Å²) in [7, 11) is 0. The maximum atomic E-state index is 12.2. The number of nitrogens with zero attached hydrogens (tertiary/aromatic N) is 5. The first-order valence-electron chi connectivity index (χ1n) is 9.37. The Balaban J connectivity index is 1.58. The van der Waals surface area contributed by atoms with E-state index in [1.165, 1.54) is 23.1 Å². The summed E-state index contributed by atoms with van der Waals surface area (Å²) in [5.74, 6) is 1.64. The lowest BCUT2D eigenvalue weighted by molar-refractivity contribution is -0.113. The quantitative estimate of drug-likeness (QED) is 0.516. The van der Waals surface area contributed by atoms with E-state index in [2.05, 4.69) is 31.8 Å². The number of aromatic nitrogens is 5. The lowest BCUT2D eigenvalue weighted by atomic mass is 10.1. The van der Waals surface area contributed by atoms with Crippen molar-refractivity contribution in [2.24, 2.45) is 0 Å². The van der Waals surface area contributed by atoms with Gasteiger partial charge in [-0.1, -0.05) is 42.2 Å². The van der Waals surface area contributed by atoms with Crippen LogP contribution in [0.3, 0.4) is 0 Å². The second-order valence-electron chi connectivity index (χ2n) is 6.39. The van der Waals surface area contributed by atoms with E-state index in [1.807, 2.05) is 44.4 Å². The van der Waals surface area contributed by atoms with Gasteiger partial charge in [-0.3, -0.25) is 10.1 Å². The summed E-state index contributed by atoms with van der Waals surface area (Å²) >= 11 is 2.73. The Bertz CT molecular complexity index is 985. The molecule has 0 unspecified atom stereocenters. The van der Waals surface area contributed by atoms with Gasteiger partial charge >= 0.3 is 0 Å². The van der Waals surface area contributed by atoms with Gasteiger partial charge in [-0.15, -0.1) is 20.4 Å². The van der Waals surface area contributed by atoms with Crippen LogP contribution in [0.4, 0.5) is 5.13 Å². The number of ether oxygens (including phenoxy) is 1. The molecule has 1 amide bonds. The number of amides is 1. The molecule has 0 bridgehead atoms. The molecule has 0 aliphatic heterocycles. The maximum Gasteiger partial charge on any atom is 0.236 e. The number of benzene rings is 1. The van der Waals surface area contributed by atoms with Gasteiger partial charge in [0.1, 0.15) is 17.4 Å². The number of hydrogen-bond donors (Lipinski definition) is 1. The number of anilines is 1. The topological polar surface area (TPSA) is 94.8 Å². The van der Waals surface area contributed by atoms with Crippen LogP contribution in [0.15, 0.2) is 23.4 Å². The van der Waals surface area contributed by atoms with Crippen molar-refractivity contribution in [3.8, 4) is 5.75 Å². The van der Waals surface area contributed by atoms with Gasteiger partial charge in [0.15, 0.2) is 11.0 Å². The van der Waals surface area contributed by atoms with E-state index in [-0.39, 0.29) is 11.7 Å². The minimum atomic E-state index is -0.146. The van der Waals surface area contributed by atoms with Gasteiger partial charge < -0.3 is 9.30 Å². The van der Waals surface area contributed by atoms with Crippen molar-refractivity contribution in [3.05, 3.63) is 40.2 Å². The van der Waals surface area contributed by atoms with Crippen molar-refractivity contribution < 1.29 is 9.53 Å². The van der Waals surface area contributed by atoms with Crippen LogP contribution in [0.1, 0.15) is 35.8 Å². The lowest BCUT2D eigenvalue weighted by Gasteiger charge is -2.11. The predicted octanol–water partition coefficient (Wildman–Crippen LogP) is 3.64. The van der Waals surface area contributed by atoms with Crippen LogP contribution in [0.5, 0.6) is 5.75 Å². The van der Waals surface area contributed by atoms with Crippen molar-refractivity contribution in [1.29, 1.82) is 0 Å². The zero-order chi connectivity index (χ0) is 20.8. The van der Waals surface area contributed by atoms with E-state index < -0.39 is 0 Å². The summed E-state index contributed by atoms with van der Waals surface area (Å²) in [4.78, 5) is 12.2. The molecule has 0 fully saturated rings. The lowest BCUT2D eigenvalue weighted by Crippen LogP contribution is -2.14. The van der Waals surface area contributed by atoms with Crippen molar-refractivity contribution >= 4 is 34.1 Å². The van der Waals surface area contributed by atoms with Crippen LogP contribution in [0.2, 0.25) is 0 Å². The van der Waals surface area contributed by atoms with E-state index in [1.54, 1.807) is 0 Å². The number of aryl methyl sites for hydroxylation is 3. The molecule has 3 rings (SSSR count). The molecule has 0 aliphatic rings. The molecule has 0 aliphatic carbocycles. The highest BCUT2D eigenvalue weighted by atomic mass is 32.2.